The van der Waals surface area contributed by atoms with Crippen molar-refractivity contribution in [2.45, 2.75) is 49.0 Å². The summed E-state index contributed by atoms with van der Waals surface area (Å²) in [5.74, 6) is 0. The minimum atomic E-state index is -4.43. The second-order valence-electron chi connectivity index (χ2n) is 5.78. The lowest BCUT2D eigenvalue weighted by Crippen LogP contribution is -2.38. The molecule has 1 aromatic rings. The van der Waals surface area contributed by atoms with Crippen LogP contribution in [-0.4, -0.2) is 53.9 Å². The van der Waals surface area contributed by atoms with Gasteiger partial charge in [0.25, 0.3) is 0 Å². The second-order valence-corrected chi connectivity index (χ2v) is 7.72. The Labute approximate surface area is 126 Å². The molecule has 0 spiro atoms. The van der Waals surface area contributed by atoms with Gasteiger partial charge in [0.1, 0.15) is 11.4 Å². The molecular formula is C12H17F3N4O2S. The smallest absolute Gasteiger partial charge is 0.310 e. The van der Waals surface area contributed by atoms with Crippen molar-refractivity contribution in [1.82, 2.24) is 19.4 Å². The van der Waals surface area contributed by atoms with Gasteiger partial charge in [-0.05, 0) is 19.3 Å². The summed E-state index contributed by atoms with van der Waals surface area (Å²) in [4.78, 5) is -0.186. The summed E-state index contributed by atoms with van der Waals surface area (Å²) in [5.41, 5.74) is 0. The monoisotopic (exact) mass is 338 g/mol. The molecule has 2 aliphatic heterocycles. The van der Waals surface area contributed by atoms with Crippen LogP contribution >= 0.6 is 0 Å². The number of nitrogens with one attached hydrogen (secondary N) is 1. The fraction of sp³-hybridized carbons (Fsp3) is 0.750. The molecule has 0 aliphatic carbocycles. The Balaban J connectivity index is 1.78. The lowest BCUT2D eigenvalue weighted by molar-refractivity contribution is -0.142. The highest BCUT2D eigenvalue weighted by atomic mass is 32.2. The molecule has 0 aromatic carbocycles. The number of hydrogen-bond acceptors (Lipinski definition) is 4. The zero-order chi connectivity index (χ0) is 16.0. The van der Waals surface area contributed by atoms with Crippen LogP contribution in [0.25, 0.3) is 0 Å². The van der Waals surface area contributed by atoms with Crippen molar-refractivity contribution >= 4 is 10.0 Å². The zero-order valence-corrected chi connectivity index (χ0v) is 12.6. The highest BCUT2D eigenvalue weighted by molar-refractivity contribution is 7.89. The predicted molar refractivity (Wildman–Crippen MR) is 71.6 cm³/mol. The quantitative estimate of drug-likeness (QED) is 0.891. The highest BCUT2D eigenvalue weighted by Gasteiger charge is 2.36. The maximum atomic E-state index is 12.6. The van der Waals surface area contributed by atoms with Crippen LogP contribution < -0.4 is 5.32 Å². The molecule has 22 heavy (non-hydrogen) atoms. The molecule has 1 aromatic heterocycles. The van der Waals surface area contributed by atoms with Crippen LogP contribution in [0.2, 0.25) is 0 Å². The van der Waals surface area contributed by atoms with E-state index in [2.05, 4.69) is 10.4 Å². The largest absolute Gasteiger partial charge is 0.408 e. The number of sulfonamides is 1. The van der Waals surface area contributed by atoms with Crippen LogP contribution in [0, 0.1) is 0 Å². The Bertz CT molecular complexity index is 643. The van der Waals surface area contributed by atoms with Gasteiger partial charge in [0.2, 0.25) is 10.0 Å². The van der Waals surface area contributed by atoms with Gasteiger partial charge in [0.05, 0.1) is 6.20 Å². The van der Waals surface area contributed by atoms with E-state index in [1.54, 1.807) is 0 Å². The number of rotatable bonds is 3. The van der Waals surface area contributed by atoms with E-state index in [0.717, 1.165) is 25.2 Å². The van der Waals surface area contributed by atoms with Gasteiger partial charge in [-0.3, -0.25) is 4.68 Å². The number of alkyl halides is 3. The summed E-state index contributed by atoms with van der Waals surface area (Å²) in [6.07, 6.45) is 0.175. The minimum absolute atomic E-state index is 0.118. The van der Waals surface area contributed by atoms with Gasteiger partial charge >= 0.3 is 6.18 Å². The number of hydrogen-bond donors (Lipinski definition) is 1. The first-order chi connectivity index (χ1) is 10.2. The molecule has 2 bridgehead atoms. The van der Waals surface area contributed by atoms with Crippen molar-refractivity contribution < 1.29 is 21.6 Å². The molecule has 10 heteroatoms. The van der Waals surface area contributed by atoms with E-state index in [4.69, 9.17) is 0 Å². The van der Waals surface area contributed by atoms with Crippen LogP contribution in [0.15, 0.2) is 17.3 Å². The van der Waals surface area contributed by atoms with Crippen LogP contribution in [0.1, 0.15) is 19.3 Å². The van der Waals surface area contributed by atoms with Gasteiger partial charge in [0.15, 0.2) is 0 Å². The summed E-state index contributed by atoms with van der Waals surface area (Å²) in [6.45, 7) is -0.570. The molecule has 2 unspecified atom stereocenters. The summed E-state index contributed by atoms with van der Waals surface area (Å²) in [6, 6.07) is 0.450. The van der Waals surface area contributed by atoms with Gasteiger partial charge in [-0.15, -0.1) is 0 Å². The number of aromatic nitrogens is 2. The van der Waals surface area contributed by atoms with Gasteiger partial charge in [0, 0.05) is 31.4 Å². The van der Waals surface area contributed by atoms with Gasteiger partial charge in [-0.25, -0.2) is 8.42 Å². The standard InChI is InChI=1S/C12H17F3N4O2S/c13-12(14,15)8-18-7-11(5-16-18)22(20,21)19-4-3-9-1-2-10(6-19)17-9/h5,7,9-10,17H,1-4,6,8H2. The van der Waals surface area contributed by atoms with Gasteiger partial charge in [-0.1, -0.05) is 0 Å². The van der Waals surface area contributed by atoms with Crippen LogP contribution in [0.5, 0.6) is 0 Å². The summed E-state index contributed by atoms with van der Waals surface area (Å²) in [5, 5.41) is 6.88. The molecule has 0 radical (unpaired) electrons. The minimum Gasteiger partial charge on any atom is -0.310 e. The first-order valence-corrected chi connectivity index (χ1v) is 8.53. The van der Waals surface area contributed by atoms with Gasteiger partial charge in [-0.2, -0.15) is 22.6 Å². The highest BCUT2D eigenvalue weighted by Crippen LogP contribution is 2.25. The molecule has 3 heterocycles. The first kappa shape index (κ1) is 15.8. The molecule has 2 fully saturated rings. The second kappa shape index (κ2) is 5.50. The topological polar surface area (TPSA) is 67.2 Å². The fourth-order valence-corrected chi connectivity index (χ4v) is 4.48. The van der Waals surface area contributed by atoms with Crippen molar-refractivity contribution in [3.63, 3.8) is 0 Å². The van der Waals surface area contributed by atoms with Crippen molar-refractivity contribution in [2.75, 3.05) is 13.1 Å². The average Bonchev–Trinajstić information content (AvgIpc) is 2.94. The third kappa shape index (κ3) is 3.28. The van der Waals surface area contributed by atoms with E-state index in [-0.39, 0.29) is 10.9 Å². The van der Waals surface area contributed by atoms with E-state index in [9.17, 15) is 21.6 Å². The maximum absolute atomic E-state index is 12.6. The van der Waals surface area contributed by atoms with Crippen molar-refractivity contribution in [1.29, 1.82) is 0 Å². The summed E-state index contributed by atoms with van der Waals surface area (Å²) in [7, 11) is -3.80. The molecule has 2 atom stereocenters. The molecule has 0 saturated carbocycles. The van der Waals surface area contributed by atoms with Crippen molar-refractivity contribution in [3.8, 4) is 0 Å². The third-order valence-electron chi connectivity index (χ3n) is 4.07. The van der Waals surface area contributed by atoms with E-state index < -0.39 is 22.7 Å². The predicted octanol–water partition coefficient (Wildman–Crippen LogP) is 0.960. The average molecular weight is 338 g/mol. The van der Waals surface area contributed by atoms with E-state index in [1.807, 2.05) is 0 Å². The Hall–Kier alpha value is -1.13. The van der Waals surface area contributed by atoms with E-state index in [1.165, 1.54) is 4.31 Å². The molecule has 2 saturated heterocycles. The van der Waals surface area contributed by atoms with Crippen molar-refractivity contribution in [3.05, 3.63) is 12.4 Å². The molecule has 0 amide bonds. The van der Waals surface area contributed by atoms with Crippen LogP contribution in [0.3, 0.4) is 0 Å². The molecule has 124 valence electrons. The Morgan fingerprint density at radius 3 is 2.73 bits per heavy atom. The zero-order valence-electron chi connectivity index (χ0n) is 11.8. The first-order valence-electron chi connectivity index (χ1n) is 7.09. The molecule has 2 aliphatic rings. The van der Waals surface area contributed by atoms with Crippen molar-refractivity contribution in [2.24, 2.45) is 0 Å². The molecule has 1 N–H and O–H groups in total. The Morgan fingerprint density at radius 2 is 2.00 bits per heavy atom. The van der Waals surface area contributed by atoms with Crippen LogP contribution in [0.4, 0.5) is 13.2 Å². The number of fused-ring (bicyclic) bond motifs is 2. The number of nitrogens with zero attached hydrogens (tertiary/aromatic N) is 3. The molecule has 3 rings (SSSR count). The summed E-state index contributed by atoms with van der Waals surface area (Å²) >= 11 is 0. The third-order valence-corrected chi connectivity index (χ3v) is 5.89. The Morgan fingerprint density at radius 1 is 1.27 bits per heavy atom. The van der Waals surface area contributed by atoms with E-state index >= 15 is 0 Å². The van der Waals surface area contributed by atoms with E-state index in [0.29, 0.717) is 30.2 Å². The Kier molecular flexibility index (Phi) is 3.94. The van der Waals surface area contributed by atoms with Gasteiger partial charge < -0.3 is 5.32 Å². The lowest BCUT2D eigenvalue weighted by atomic mass is 10.1. The normalized spacial score (nSPS) is 27.0. The summed E-state index contributed by atoms with van der Waals surface area (Å²) < 4.78 is 64.1. The molecule has 6 nitrogen and oxygen atoms in total. The SMILES string of the molecule is O=S(=O)(c1cnn(CC(F)(F)F)c1)N1CCC2CCC(C1)N2. The van der Waals surface area contributed by atoms with Crippen LogP contribution in [-0.2, 0) is 16.6 Å². The number of halogens is 3. The lowest BCUT2D eigenvalue weighted by Gasteiger charge is -2.22. The molecular weight excluding hydrogens is 321 g/mol. The maximum Gasteiger partial charge on any atom is 0.408 e. The fourth-order valence-electron chi connectivity index (χ4n) is 3.03.